The van der Waals surface area contributed by atoms with Gasteiger partial charge in [-0.3, -0.25) is 10.1 Å². The average molecular weight is 318 g/mol. The predicted molar refractivity (Wildman–Crippen MR) is 72.0 cm³/mol. The van der Waals surface area contributed by atoms with Crippen LogP contribution in [0.3, 0.4) is 0 Å². The van der Waals surface area contributed by atoms with E-state index in [-0.39, 0.29) is 23.1 Å². The monoisotopic (exact) mass is 318 g/mol. The second-order valence-electron chi connectivity index (χ2n) is 4.87. The minimum atomic E-state index is -3.96. The van der Waals surface area contributed by atoms with Crippen molar-refractivity contribution < 1.29 is 22.5 Å². The quantitative estimate of drug-likeness (QED) is 0.670. The zero-order valence-electron chi connectivity index (χ0n) is 11.3. The Morgan fingerprint density at radius 2 is 2.19 bits per heavy atom. The third-order valence-electron chi connectivity index (χ3n) is 3.20. The smallest absolute Gasteiger partial charge is 0.306 e. The number of nitro groups is 1. The van der Waals surface area contributed by atoms with Crippen LogP contribution in [0.15, 0.2) is 17.0 Å². The van der Waals surface area contributed by atoms with E-state index in [2.05, 4.69) is 4.72 Å². The molecule has 0 spiro atoms. The molecule has 1 fully saturated rings. The first-order chi connectivity index (χ1) is 9.81. The van der Waals surface area contributed by atoms with E-state index in [1.54, 1.807) is 0 Å². The highest BCUT2D eigenvalue weighted by molar-refractivity contribution is 7.89. The number of nitrogens with one attached hydrogen (secondary N) is 1. The first kappa shape index (κ1) is 15.8. The fourth-order valence-electron chi connectivity index (χ4n) is 2.13. The molecular weight excluding hydrogens is 303 g/mol. The molecule has 1 atom stereocenters. The van der Waals surface area contributed by atoms with Gasteiger partial charge in [0, 0.05) is 18.7 Å². The standard InChI is InChI=1S/C12H15FN2O5S/c1-8-5-10(6-11(12(8)13)15(16)17)21(18,19)14-9-3-2-4-20-7-9/h5-6,9,14H,2-4,7H2,1H3. The lowest BCUT2D eigenvalue weighted by atomic mass is 10.1. The molecule has 1 heterocycles. The summed E-state index contributed by atoms with van der Waals surface area (Å²) in [5, 5.41) is 10.8. The number of hydrogen-bond acceptors (Lipinski definition) is 5. The van der Waals surface area contributed by atoms with Crippen molar-refractivity contribution in [2.24, 2.45) is 0 Å². The maximum Gasteiger partial charge on any atom is 0.306 e. The summed E-state index contributed by atoms with van der Waals surface area (Å²) in [4.78, 5) is 9.51. The van der Waals surface area contributed by atoms with E-state index in [1.807, 2.05) is 0 Å². The number of benzene rings is 1. The van der Waals surface area contributed by atoms with Crippen molar-refractivity contribution in [2.75, 3.05) is 13.2 Å². The molecule has 0 amide bonds. The Morgan fingerprint density at radius 1 is 1.48 bits per heavy atom. The van der Waals surface area contributed by atoms with Gasteiger partial charge in [0.1, 0.15) is 0 Å². The zero-order valence-corrected chi connectivity index (χ0v) is 12.2. The van der Waals surface area contributed by atoms with Crippen LogP contribution in [0.4, 0.5) is 10.1 Å². The summed E-state index contributed by atoms with van der Waals surface area (Å²) in [6, 6.07) is 1.43. The molecule has 7 nitrogen and oxygen atoms in total. The minimum absolute atomic E-state index is 0.0931. The molecule has 116 valence electrons. The zero-order chi connectivity index (χ0) is 15.6. The van der Waals surface area contributed by atoms with Gasteiger partial charge < -0.3 is 4.74 Å². The van der Waals surface area contributed by atoms with Gasteiger partial charge in [0.2, 0.25) is 15.8 Å². The molecule has 0 saturated carbocycles. The molecule has 1 aromatic carbocycles. The van der Waals surface area contributed by atoms with Crippen LogP contribution in [0.1, 0.15) is 18.4 Å². The van der Waals surface area contributed by atoms with Gasteiger partial charge in [-0.1, -0.05) is 0 Å². The van der Waals surface area contributed by atoms with Crippen LogP contribution in [0.25, 0.3) is 0 Å². The molecule has 0 radical (unpaired) electrons. The summed E-state index contributed by atoms with van der Waals surface area (Å²) in [5.41, 5.74) is -0.945. The van der Waals surface area contributed by atoms with E-state index in [0.29, 0.717) is 13.0 Å². The van der Waals surface area contributed by atoms with Crippen LogP contribution in [0.2, 0.25) is 0 Å². The van der Waals surface area contributed by atoms with Crippen LogP contribution in [-0.2, 0) is 14.8 Å². The summed E-state index contributed by atoms with van der Waals surface area (Å²) in [7, 11) is -3.96. The van der Waals surface area contributed by atoms with E-state index >= 15 is 0 Å². The summed E-state index contributed by atoms with van der Waals surface area (Å²) in [6.45, 7) is 2.12. The third-order valence-corrected chi connectivity index (χ3v) is 4.70. The molecule has 1 aliphatic rings. The molecule has 0 aromatic heterocycles. The number of ether oxygens (including phenoxy) is 1. The molecule has 21 heavy (non-hydrogen) atoms. The van der Waals surface area contributed by atoms with E-state index in [9.17, 15) is 22.9 Å². The number of nitrogens with zero attached hydrogens (tertiary/aromatic N) is 1. The maximum absolute atomic E-state index is 13.6. The highest BCUT2D eigenvalue weighted by atomic mass is 32.2. The first-order valence-electron chi connectivity index (χ1n) is 6.36. The molecular formula is C12H15FN2O5S. The normalized spacial score (nSPS) is 19.4. The van der Waals surface area contributed by atoms with Crippen LogP contribution in [0, 0.1) is 22.9 Å². The van der Waals surface area contributed by atoms with Gasteiger partial charge in [-0.05, 0) is 31.4 Å². The molecule has 1 aromatic rings. The van der Waals surface area contributed by atoms with Gasteiger partial charge in [0.05, 0.1) is 16.4 Å². The lowest BCUT2D eigenvalue weighted by molar-refractivity contribution is -0.387. The fraction of sp³-hybridized carbons (Fsp3) is 0.500. The Labute approximate surface area is 121 Å². The Hall–Kier alpha value is -1.58. The molecule has 1 saturated heterocycles. The van der Waals surface area contributed by atoms with Crippen molar-refractivity contribution >= 4 is 15.7 Å². The van der Waals surface area contributed by atoms with E-state index < -0.39 is 26.5 Å². The Morgan fingerprint density at radius 3 is 2.76 bits per heavy atom. The number of halogens is 1. The van der Waals surface area contributed by atoms with E-state index in [0.717, 1.165) is 18.6 Å². The summed E-state index contributed by atoms with van der Waals surface area (Å²) in [5.74, 6) is -1.03. The molecule has 0 aliphatic carbocycles. The Bertz CT molecular complexity index is 656. The van der Waals surface area contributed by atoms with E-state index in [4.69, 9.17) is 4.74 Å². The molecule has 1 aliphatic heterocycles. The minimum Gasteiger partial charge on any atom is -0.380 e. The Kier molecular flexibility index (Phi) is 4.55. The van der Waals surface area contributed by atoms with Gasteiger partial charge >= 0.3 is 5.69 Å². The number of sulfonamides is 1. The Balaban J connectivity index is 2.33. The van der Waals surface area contributed by atoms with Crippen LogP contribution < -0.4 is 4.72 Å². The van der Waals surface area contributed by atoms with Gasteiger partial charge in [0.25, 0.3) is 0 Å². The highest BCUT2D eigenvalue weighted by Gasteiger charge is 2.26. The fourth-order valence-corrected chi connectivity index (χ4v) is 3.49. The summed E-state index contributed by atoms with van der Waals surface area (Å²) in [6.07, 6.45) is 1.36. The van der Waals surface area contributed by atoms with Crippen LogP contribution >= 0.6 is 0 Å². The van der Waals surface area contributed by atoms with Crippen molar-refractivity contribution in [3.05, 3.63) is 33.6 Å². The van der Waals surface area contributed by atoms with Gasteiger partial charge in [-0.25, -0.2) is 13.1 Å². The lowest BCUT2D eigenvalue weighted by Gasteiger charge is -2.23. The van der Waals surface area contributed by atoms with Crippen LogP contribution in [-0.4, -0.2) is 32.6 Å². The van der Waals surface area contributed by atoms with Crippen LogP contribution in [0.5, 0.6) is 0 Å². The third kappa shape index (κ3) is 3.55. The molecule has 0 bridgehead atoms. The second kappa shape index (κ2) is 6.04. The van der Waals surface area contributed by atoms with Crippen molar-refractivity contribution in [1.82, 2.24) is 4.72 Å². The van der Waals surface area contributed by atoms with Crippen molar-refractivity contribution in [3.8, 4) is 0 Å². The topological polar surface area (TPSA) is 98.5 Å². The molecule has 9 heteroatoms. The molecule has 1 unspecified atom stereocenters. The van der Waals surface area contributed by atoms with Crippen molar-refractivity contribution in [3.63, 3.8) is 0 Å². The SMILES string of the molecule is Cc1cc(S(=O)(=O)NC2CCCOC2)cc([N+](=O)[O-])c1F. The molecule has 1 N–H and O–H groups in total. The van der Waals surface area contributed by atoms with Crippen molar-refractivity contribution in [2.45, 2.75) is 30.7 Å². The second-order valence-corrected chi connectivity index (χ2v) is 6.58. The number of hydrogen-bond donors (Lipinski definition) is 1. The van der Waals surface area contributed by atoms with Gasteiger partial charge in [-0.2, -0.15) is 4.39 Å². The molecule has 2 rings (SSSR count). The van der Waals surface area contributed by atoms with Gasteiger partial charge in [0.15, 0.2) is 0 Å². The number of aryl methyl sites for hydroxylation is 1. The lowest BCUT2D eigenvalue weighted by Crippen LogP contribution is -2.40. The average Bonchev–Trinajstić information content (AvgIpc) is 2.41. The highest BCUT2D eigenvalue weighted by Crippen LogP contribution is 2.25. The summed E-state index contributed by atoms with van der Waals surface area (Å²) >= 11 is 0. The predicted octanol–water partition coefficient (Wildman–Crippen LogP) is 1.50. The first-order valence-corrected chi connectivity index (χ1v) is 7.84. The maximum atomic E-state index is 13.6. The largest absolute Gasteiger partial charge is 0.380 e. The number of nitro benzene ring substituents is 1. The van der Waals surface area contributed by atoms with E-state index in [1.165, 1.54) is 6.92 Å². The van der Waals surface area contributed by atoms with Crippen molar-refractivity contribution in [1.29, 1.82) is 0 Å². The summed E-state index contributed by atoms with van der Waals surface area (Å²) < 4.78 is 45.7. The van der Waals surface area contributed by atoms with Gasteiger partial charge in [-0.15, -0.1) is 0 Å². The number of rotatable bonds is 4.